The van der Waals surface area contributed by atoms with Crippen LogP contribution in [0.3, 0.4) is 0 Å². The highest BCUT2D eigenvalue weighted by atomic mass is 16.5. The van der Waals surface area contributed by atoms with Gasteiger partial charge in [-0.2, -0.15) is 0 Å². The molecule has 6 heteroatoms. The molecule has 2 heterocycles. The van der Waals surface area contributed by atoms with Crippen molar-refractivity contribution < 1.29 is 9.47 Å². The Bertz CT molecular complexity index is 426. The number of hydrogen-bond donors (Lipinski definition) is 2. The molecule has 1 aliphatic heterocycles. The van der Waals surface area contributed by atoms with Gasteiger partial charge in [-0.3, -0.25) is 10.4 Å². The zero-order valence-corrected chi connectivity index (χ0v) is 10.6. The summed E-state index contributed by atoms with van der Waals surface area (Å²) in [4.78, 5) is 6.24. The summed E-state index contributed by atoms with van der Waals surface area (Å²) in [6, 6.07) is 3.75. The number of nitrogens with zero attached hydrogens (tertiary/aromatic N) is 2. The second-order valence-corrected chi connectivity index (χ2v) is 4.24. The number of rotatable bonds is 4. The molecule has 0 amide bonds. The zero-order valence-electron chi connectivity index (χ0n) is 10.6. The highest BCUT2D eigenvalue weighted by Crippen LogP contribution is 2.25. The lowest BCUT2D eigenvalue weighted by Gasteiger charge is -2.20. The van der Waals surface area contributed by atoms with Gasteiger partial charge in [-0.15, -0.1) is 0 Å². The number of nitrogens with two attached hydrogens (primary N) is 1. The monoisotopic (exact) mass is 250 g/mol. The van der Waals surface area contributed by atoms with Crippen LogP contribution in [0.1, 0.15) is 5.69 Å². The van der Waals surface area contributed by atoms with Crippen LogP contribution in [0.15, 0.2) is 18.3 Å². The largest absolute Gasteiger partial charge is 0.382 e. The number of hydrogen-bond acceptors (Lipinski definition) is 5. The van der Waals surface area contributed by atoms with Crippen molar-refractivity contribution in [2.45, 2.75) is 12.2 Å². The quantitative estimate of drug-likeness (QED) is 0.589. The summed E-state index contributed by atoms with van der Waals surface area (Å²) in [5.74, 6) is -0.0274. The van der Waals surface area contributed by atoms with Gasteiger partial charge in [0.2, 0.25) is 0 Å². The van der Waals surface area contributed by atoms with E-state index in [0.29, 0.717) is 18.8 Å². The summed E-state index contributed by atoms with van der Waals surface area (Å²) in [6.07, 6.45) is 1.68. The predicted octanol–water partition coefficient (Wildman–Crippen LogP) is 0.216. The van der Waals surface area contributed by atoms with Crippen LogP contribution in [0, 0.1) is 5.41 Å². The van der Waals surface area contributed by atoms with Crippen molar-refractivity contribution in [3.05, 3.63) is 24.0 Å². The number of pyridine rings is 1. The molecule has 3 N–H and O–H groups in total. The number of amidine groups is 1. The lowest BCUT2D eigenvalue weighted by atomic mass is 10.2. The van der Waals surface area contributed by atoms with Gasteiger partial charge in [0.1, 0.15) is 23.7 Å². The highest BCUT2D eigenvalue weighted by Gasteiger charge is 2.34. The van der Waals surface area contributed by atoms with Gasteiger partial charge >= 0.3 is 0 Å². The first kappa shape index (κ1) is 12.8. The van der Waals surface area contributed by atoms with Crippen LogP contribution in [-0.4, -0.2) is 50.3 Å². The zero-order chi connectivity index (χ0) is 13.1. The fraction of sp³-hybridized carbons (Fsp3) is 0.500. The Hall–Kier alpha value is -1.66. The van der Waals surface area contributed by atoms with Gasteiger partial charge in [0.25, 0.3) is 0 Å². The Morgan fingerprint density at radius 2 is 2.00 bits per heavy atom. The van der Waals surface area contributed by atoms with Crippen LogP contribution in [0.5, 0.6) is 0 Å². The fourth-order valence-electron chi connectivity index (χ4n) is 2.25. The molecule has 2 rings (SSSR count). The average molecular weight is 250 g/mol. The van der Waals surface area contributed by atoms with Gasteiger partial charge in [0, 0.05) is 33.5 Å². The number of nitrogen functional groups attached to an aromatic ring is 1. The van der Waals surface area contributed by atoms with Gasteiger partial charge in [0.05, 0.1) is 5.69 Å². The second kappa shape index (κ2) is 5.32. The first-order valence-corrected chi connectivity index (χ1v) is 5.77. The first-order chi connectivity index (χ1) is 8.67. The van der Waals surface area contributed by atoms with Crippen LogP contribution < -0.4 is 10.6 Å². The number of nitrogens with one attached hydrogen (secondary N) is 1. The molecule has 18 heavy (non-hydrogen) atoms. The van der Waals surface area contributed by atoms with E-state index in [9.17, 15) is 0 Å². The Labute approximate surface area is 106 Å². The lowest BCUT2D eigenvalue weighted by Crippen LogP contribution is -2.27. The number of anilines is 1. The van der Waals surface area contributed by atoms with Gasteiger partial charge in [-0.1, -0.05) is 0 Å². The molecule has 2 atom stereocenters. The van der Waals surface area contributed by atoms with E-state index in [1.54, 1.807) is 20.4 Å². The number of methoxy groups -OCH3 is 2. The molecule has 2 unspecified atom stereocenters. The van der Waals surface area contributed by atoms with Crippen molar-refractivity contribution in [1.82, 2.24) is 4.98 Å². The summed E-state index contributed by atoms with van der Waals surface area (Å²) in [5, 5.41) is 7.56. The van der Waals surface area contributed by atoms with E-state index >= 15 is 0 Å². The predicted molar refractivity (Wildman–Crippen MR) is 69.1 cm³/mol. The minimum atomic E-state index is -0.0274. The fourth-order valence-corrected chi connectivity index (χ4v) is 2.25. The molecule has 0 saturated carbocycles. The maximum atomic E-state index is 7.56. The SMILES string of the molecule is COC1CN(c2cccnc2C(=N)N)CC1OC. The summed E-state index contributed by atoms with van der Waals surface area (Å²) in [5.41, 5.74) is 6.91. The van der Waals surface area contributed by atoms with E-state index in [1.807, 2.05) is 12.1 Å². The van der Waals surface area contributed by atoms with E-state index < -0.39 is 0 Å². The molecule has 0 spiro atoms. The van der Waals surface area contributed by atoms with Crippen molar-refractivity contribution in [3.8, 4) is 0 Å². The Balaban J connectivity index is 2.26. The second-order valence-electron chi connectivity index (χ2n) is 4.24. The van der Waals surface area contributed by atoms with Crippen molar-refractivity contribution in [2.24, 2.45) is 5.73 Å². The maximum Gasteiger partial charge on any atom is 0.143 e. The van der Waals surface area contributed by atoms with Crippen molar-refractivity contribution >= 4 is 11.5 Å². The third kappa shape index (κ3) is 2.30. The molecule has 0 bridgehead atoms. The molecule has 6 nitrogen and oxygen atoms in total. The van der Waals surface area contributed by atoms with E-state index in [4.69, 9.17) is 20.6 Å². The third-order valence-corrected chi connectivity index (χ3v) is 3.20. The van der Waals surface area contributed by atoms with Crippen LogP contribution in [-0.2, 0) is 9.47 Å². The normalized spacial score (nSPS) is 23.3. The Morgan fingerprint density at radius 1 is 1.39 bits per heavy atom. The van der Waals surface area contributed by atoms with Gasteiger partial charge < -0.3 is 20.1 Å². The topological polar surface area (TPSA) is 84.5 Å². The van der Waals surface area contributed by atoms with Crippen LogP contribution in [0.4, 0.5) is 5.69 Å². The molecule has 1 aromatic heterocycles. The molecule has 0 aliphatic carbocycles. The lowest BCUT2D eigenvalue weighted by molar-refractivity contribution is -0.00461. The Morgan fingerprint density at radius 3 is 2.50 bits per heavy atom. The van der Waals surface area contributed by atoms with Crippen LogP contribution in [0.2, 0.25) is 0 Å². The Kier molecular flexibility index (Phi) is 3.78. The smallest absolute Gasteiger partial charge is 0.143 e. The summed E-state index contributed by atoms with van der Waals surface area (Å²) >= 11 is 0. The van der Waals surface area contributed by atoms with E-state index in [1.165, 1.54) is 0 Å². The summed E-state index contributed by atoms with van der Waals surface area (Å²) in [6.45, 7) is 1.42. The molecule has 1 saturated heterocycles. The van der Waals surface area contributed by atoms with Crippen LogP contribution in [0.25, 0.3) is 0 Å². The van der Waals surface area contributed by atoms with E-state index in [0.717, 1.165) is 5.69 Å². The number of ether oxygens (including phenoxy) is 2. The highest BCUT2D eigenvalue weighted by molar-refractivity contribution is 5.98. The molecule has 0 aromatic carbocycles. The summed E-state index contributed by atoms with van der Waals surface area (Å²) in [7, 11) is 3.35. The van der Waals surface area contributed by atoms with Gasteiger partial charge in [0.15, 0.2) is 0 Å². The minimum Gasteiger partial charge on any atom is -0.382 e. The molecular formula is C12H18N4O2. The van der Waals surface area contributed by atoms with Crippen molar-refractivity contribution in [3.63, 3.8) is 0 Å². The van der Waals surface area contributed by atoms with Crippen molar-refractivity contribution in [1.29, 1.82) is 5.41 Å². The van der Waals surface area contributed by atoms with Gasteiger partial charge in [-0.25, -0.2) is 0 Å². The molecule has 1 aliphatic rings. The minimum absolute atomic E-state index is 0.0232. The standard InChI is InChI=1S/C12H18N4O2/c1-17-9-6-16(7-10(9)18-2)8-4-3-5-15-11(8)12(13)14/h3-5,9-10H,6-7H2,1-2H3,(H3,13,14). The molecule has 98 valence electrons. The molecule has 1 aromatic rings. The molecular weight excluding hydrogens is 232 g/mol. The van der Waals surface area contributed by atoms with Crippen LogP contribution >= 0.6 is 0 Å². The maximum absolute atomic E-state index is 7.56. The molecule has 1 fully saturated rings. The first-order valence-electron chi connectivity index (χ1n) is 5.77. The number of aromatic nitrogens is 1. The van der Waals surface area contributed by atoms with Gasteiger partial charge in [-0.05, 0) is 12.1 Å². The molecule has 0 radical (unpaired) electrons. The van der Waals surface area contributed by atoms with Crippen molar-refractivity contribution in [2.75, 3.05) is 32.2 Å². The third-order valence-electron chi connectivity index (χ3n) is 3.20. The van der Waals surface area contributed by atoms with E-state index in [-0.39, 0.29) is 18.0 Å². The van der Waals surface area contributed by atoms with E-state index in [2.05, 4.69) is 9.88 Å². The summed E-state index contributed by atoms with van der Waals surface area (Å²) < 4.78 is 10.8. The average Bonchev–Trinajstić information content (AvgIpc) is 2.81.